The zero-order valence-electron chi connectivity index (χ0n) is 4.26. The predicted molar refractivity (Wildman–Crippen MR) is 27.9 cm³/mol. The molecule has 3 nitrogen and oxygen atoms in total. The Kier molecular flexibility index (Phi) is 1.29. The second-order valence-corrected chi connectivity index (χ2v) is 1.44. The lowest BCUT2D eigenvalue weighted by Gasteiger charge is -1.74. The molecule has 1 heterocycles. The Hall–Kier alpha value is -1.30. The third-order valence-corrected chi connectivity index (χ3v) is 0.838. The second-order valence-electron chi connectivity index (χ2n) is 1.44. The third-order valence-electron chi connectivity index (χ3n) is 0.838. The van der Waals surface area contributed by atoms with E-state index in [0.29, 0.717) is 6.42 Å². The van der Waals surface area contributed by atoms with Gasteiger partial charge in [0.2, 0.25) is 0 Å². The summed E-state index contributed by atoms with van der Waals surface area (Å²) in [7, 11) is 0. The molecule has 0 aliphatic heterocycles. The summed E-state index contributed by atoms with van der Waals surface area (Å²) in [6, 6.07) is 2.01. The lowest BCUT2D eigenvalue weighted by molar-refractivity contribution is 1.09. The van der Waals surface area contributed by atoms with Crippen LogP contribution in [-0.2, 0) is 6.42 Å². The highest BCUT2D eigenvalue weighted by atomic mass is 15.1. The maximum Gasteiger partial charge on any atom is 0.0670 e. The maximum absolute atomic E-state index is 8.15. The van der Waals surface area contributed by atoms with Crippen molar-refractivity contribution in [1.29, 1.82) is 5.26 Å². The molecule has 0 aliphatic rings. The minimum absolute atomic E-state index is 0.441. The van der Waals surface area contributed by atoms with Gasteiger partial charge in [-0.15, -0.1) is 0 Å². The average molecular weight is 107 g/mol. The number of hydrogen-bond acceptors (Lipinski definition) is 2. The van der Waals surface area contributed by atoms with E-state index < -0.39 is 0 Å². The van der Waals surface area contributed by atoms with Crippen LogP contribution in [0.3, 0.4) is 0 Å². The Bertz CT molecular complexity index is 182. The van der Waals surface area contributed by atoms with E-state index in [-0.39, 0.29) is 0 Å². The normalized spacial score (nSPS) is 8.38. The molecular weight excluding hydrogens is 102 g/mol. The number of aromatic nitrogens is 2. The maximum atomic E-state index is 8.15. The molecule has 0 atom stereocenters. The number of H-pyrrole nitrogens is 1. The molecule has 1 aromatic rings. The first-order valence-corrected chi connectivity index (χ1v) is 2.28. The SMILES string of the molecule is N#CCc1cn[nH]c1. The van der Waals surface area contributed by atoms with Crippen molar-refractivity contribution in [3.8, 4) is 6.07 Å². The van der Waals surface area contributed by atoms with Crippen molar-refractivity contribution in [3.63, 3.8) is 0 Å². The summed E-state index contributed by atoms with van der Waals surface area (Å²) in [6.45, 7) is 0. The highest BCUT2D eigenvalue weighted by Gasteiger charge is 1.87. The highest BCUT2D eigenvalue weighted by Crippen LogP contribution is 1.91. The molecule has 3 heteroatoms. The van der Waals surface area contributed by atoms with Gasteiger partial charge in [0, 0.05) is 11.8 Å². The van der Waals surface area contributed by atoms with Crippen molar-refractivity contribution in [1.82, 2.24) is 10.2 Å². The molecule has 0 spiro atoms. The van der Waals surface area contributed by atoms with Gasteiger partial charge in [0.25, 0.3) is 0 Å². The molecule has 1 N–H and O–H groups in total. The Labute approximate surface area is 47.0 Å². The monoisotopic (exact) mass is 107 g/mol. The molecule has 1 aromatic heterocycles. The number of hydrogen-bond donors (Lipinski definition) is 1. The van der Waals surface area contributed by atoms with Gasteiger partial charge in [0.15, 0.2) is 0 Å². The van der Waals surface area contributed by atoms with E-state index in [1.807, 2.05) is 6.07 Å². The molecule has 0 unspecified atom stereocenters. The number of rotatable bonds is 1. The molecule has 0 saturated heterocycles. The molecule has 40 valence electrons. The summed E-state index contributed by atoms with van der Waals surface area (Å²) >= 11 is 0. The van der Waals surface area contributed by atoms with Crippen LogP contribution in [0.2, 0.25) is 0 Å². The summed E-state index contributed by atoms with van der Waals surface area (Å²) in [5.41, 5.74) is 0.938. The van der Waals surface area contributed by atoms with Crippen molar-refractivity contribution >= 4 is 0 Å². The smallest absolute Gasteiger partial charge is 0.0670 e. The minimum Gasteiger partial charge on any atom is -0.285 e. The van der Waals surface area contributed by atoms with Crippen LogP contribution >= 0.6 is 0 Å². The molecule has 0 saturated carbocycles. The molecular formula is C5H5N3. The van der Waals surface area contributed by atoms with Gasteiger partial charge in [-0.1, -0.05) is 0 Å². The molecule has 0 amide bonds. The van der Waals surface area contributed by atoms with Crippen LogP contribution in [0.25, 0.3) is 0 Å². The first kappa shape index (κ1) is 4.85. The van der Waals surface area contributed by atoms with E-state index in [0.717, 1.165) is 5.56 Å². The van der Waals surface area contributed by atoms with Crippen LogP contribution < -0.4 is 0 Å². The topological polar surface area (TPSA) is 52.5 Å². The largest absolute Gasteiger partial charge is 0.285 e. The zero-order chi connectivity index (χ0) is 5.82. The summed E-state index contributed by atoms with van der Waals surface area (Å²) in [5.74, 6) is 0. The Morgan fingerprint density at radius 3 is 3.25 bits per heavy atom. The van der Waals surface area contributed by atoms with Gasteiger partial charge in [-0.05, 0) is 0 Å². The van der Waals surface area contributed by atoms with Crippen molar-refractivity contribution in [2.24, 2.45) is 0 Å². The van der Waals surface area contributed by atoms with Gasteiger partial charge in [-0.2, -0.15) is 10.4 Å². The Balaban J connectivity index is 2.67. The van der Waals surface area contributed by atoms with Gasteiger partial charge in [0.1, 0.15) is 0 Å². The number of nitrogens with one attached hydrogen (secondary N) is 1. The van der Waals surface area contributed by atoms with Crippen LogP contribution in [0.15, 0.2) is 12.4 Å². The first-order valence-electron chi connectivity index (χ1n) is 2.28. The molecule has 8 heavy (non-hydrogen) atoms. The van der Waals surface area contributed by atoms with Gasteiger partial charge < -0.3 is 0 Å². The van der Waals surface area contributed by atoms with E-state index in [1.54, 1.807) is 12.4 Å². The quantitative estimate of drug-likeness (QED) is 0.567. The van der Waals surface area contributed by atoms with Crippen LogP contribution in [-0.4, -0.2) is 10.2 Å². The molecule has 0 aliphatic carbocycles. The summed E-state index contributed by atoms with van der Waals surface area (Å²) in [5, 5.41) is 14.4. The van der Waals surface area contributed by atoms with E-state index in [9.17, 15) is 0 Å². The van der Waals surface area contributed by atoms with Crippen molar-refractivity contribution in [3.05, 3.63) is 18.0 Å². The predicted octanol–water partition coefficient (Wildman–Crippen LogP) is 0.476. The molecule has 0 fully saturated rings. The number of nitrogens with zero attached hydrogens (tertiary/aromatic N) is 2. The lowest BCUT2D eigenvalue weighted by atomic mass is 10.3. The summed E-state index contributed by atoms with van der Waals surface area (Å²) < 4.78 is 0. The Morgan fingerprint density at radius 1 is 1.88 bits per heavy atom. The molecule has 0 bridgehead atoms. The van der Waals surface area contributed by atoms with Crippen LogP contribution in [0.5, 0.6) is 0 Å². The van der Waals surface area contributed by atoms with Crippen molar-refractivity contribution in [2.45, 2.75) is 6.42 Å². The van der Waals surface area contributed by atoms with Gasteiger partial charge >= 0.3 is 0 Å². The number of nitriles is 1. The van der Waals surface area contributed by atoms with Gasteiger partial charge in [-0.3, -0.25) is 5.10 Å². The van der Waals surface area contributed by atoms with Gasteiger partial charge in [0.05, 0.1) is 18.7 Å². The third kappa shape index (κ3) is 0.850. The van der Waals surface area contributed by atoms with Crippen LogP contribution in [0.4, 0.5) is 0 Å². The highest BCUT2D eigenvalue weighted by molar-refractivity contribution is 5.07. The van der Waals surface area contributed by atoms with E-state index in [1.165, 1.54) is 0 Å². The fourth-order valence-electron chi connectivity index (χ4n) is 0.466. The summed E-state index contributed by atoms with van der Waals surface area (Å²) in [6.07, 6.45) is 3.79. The molecule has 0 radical (unpaired) electrons. The standard InChI is InChI=1S/C5H5N3/c6-2-1-5-3-7-8-4-5/h3-4H,1H2,(H,7,8). The lowest BCUT2D eigenvalue weighted by Crippen LogP contribution is -1.71. The fraction of sp³-hybridized carbons (Fsp3) is 0.200. The molecule has 0 aromatic carbocycles. The van der Waals surface area contributed by atoms with E-state index in [2.05, 4.69) is 10.2 Å². The van der Waals surface area contributed by atoms with Crippen molar-refractivity contribution < 1.29 is 0 Å². The number of aromatic amines is 1. The first-order chi connectivity index (χ1) is 3.93. The summed E-state index contributed by atoms with van der Waals surface area (Å²) in [4.78, 5) is 0. The Morgan fingerprint density at radius 2 is 2.75 bits per heavy atom. The van der Waals surface area contributed by atoms with E-state index in [4.69, 9.17) is 5.26 Å². The zero-order valence-corrected chi connectivity index (χ0v) is 4.26. The fourth-order valence-corrected chi connectivity index (χ4v) is 0.466. The van der Waals surface area contributed by atoms with E-state index >= 15 is 0 Å². The second kappa shape index (κ2) is 2.12. The van der Waals surface area contributed by atoms with Crippen LogP contribution in [0.1, 0.15) is 5.56 Å². The molecule has 1 rings (SSSR count). The van der Waals surface area contributed by atoms with Crippen LogP contribution in [0, 0.1) is 11.3 Å². The minimum atomic E-state index is 0.441. The van der Waals surface area contributed by atoms with Crippen molar-refractivity contribution in [2.75, 3.05) is 0 Å². The van der Waals surface area contributed by atoms with Gasteiger partial charge in [-0.25, -0.2) is 0 Å². The average Bonchev–Trinajstić information content (AvgIpc) is 2.19.